The minimum atomic E-state index is 0.173. The van der Waals surface area contributed by atoms with E-state index in [2.05, 4.69) is 11.8 Å². The smallest absolute Gasteiger partial charge is 0.225 e. The Morgan fingerprint density at radius 1 is 1.12 bits per heavy atom. The van der Waals surface area contributed by atoms with E-state index in [0.717, 1.165) is 32.4 Å². The van der Waals surface area contributed by atoms with Crippen molar-refractivity contribution in [3.63, 3.8) is 0 Å². The fourth-order valence-corrected chi connectivity index (χ4v) is 2.47. The molecule has 0 radical (unpaired) electrons. The standard InChI is InChI=1S/C14H28N2O/c1-12(8-7-9-13(2)15)14(17)16-10-5-3-4-6-11-16/h12-13H,3-11,15H2,1-2H3. The molecule has 1 aliphatic heterocycles. The van der Waals surface area contributed by atoms with Crippen LogP contribution in [0.4, 0.5) is 0 Å². The zero-order valence-corrected chi connectivity index (χ0v) is 11.5. The number of rotatable bonds is 5. The van der Waals surface area contributed by atoms with Gasteiger partial charge >= 0.3 is 0 Å². The zero-order chi connectivity index (χ0) is 12.7. The van der Waals surface area contributed by atoms with Crippen LogP contribution in [-0.4, -0.2) is 29.9 Å². The SMILES string of the molecule is CC(N)CCCC(C)C(=O)N1CCCCCC1. The molecule has 0 aliphatic carbocycles. The van der Waals surface area contributed by atoms with Crippen molar-refractivity contribution < 1.29 is 4.79 Å². The monoisotopic (exact) mass is 240 g/mol. The van der Waals surface area contributed by atoms with Crippen LogP contribution in [0.1, 0.15) is 58.8 Å². The van der Waals surface area contributed by atoms with E-state index in [1.54, 1.807) is 0 Å². The van der Waals surface area contributed by atoms with Crippen LogP contribution in [0.15, 0.2) is 0 Å². The number of carbonyl (C=O) groups is 1. The Hall–Kier alpha value is -0.570. The topological polar surface area (TPSA) is 46.3 Å². The molecule has 0 saturated carbocycles. The van der Waals surface area contributed by atoms with Crippen LogP contribution in [-0.2, 0) is 4.79 Å². The van der Waals surface area contributed by atoms with Crippen LogP contribution >= 0.6 is 0 Å². The van der Waals surface area contributed by atoms with Gasteiger partial charge in [0.2, 0.25) is 5.91 Å². The predicted octanol–water partition coefficient (Wildman–Crippen LogP) is 2.54. The first-order valence-corrected chi connectivity index (χ1v) is 7.15. The van der Waals surface area contributed by atoms with E-state index in [1.165, 1.54) is 25.7 Å². The van der Waals surface area contributed by atoms with E-state index < -0.39 is 0 Å². The molecule has 1 heterocycles. The summed E-state index contributed by atoms with van der Waals surface area (Å²) in [6.07, 6.45) is 8.00. The first kappa shape index (κ1) is 14.5. The van der Waals surface area contributed by atoms with Gasteiger partial charge < -0.3 is 10.6 Å². The number of likely N-dealkylation sites (tertiary alicyclic amines) is 1. The van der Waals surface area contributed by atoms with Gasteiger partial charge in [-0.25, -0.2) is 0 Å². The van der Waals surface area contributed by atoms with Crippen LogP contribution in [0.2, 0.25) is 0 Å². The van der Waals surface area contributed by atoms with Crippen molar-refractivity contribution in [2.75, 3.05) is 13.1 Å². The molecule has 2 atom stereocenters. The predicted molar refractivity (Wildman–Crippen MR) is 71.7 cm³/mol. The van der Waals surface area contributed by atoms with Gasteiger partial charge in [0.25, 0.3) is 0 Å². The molecule has 0 aromatic rings. The minimum absolute atomic E-state index is 0.173. The lowest BCUT2D eigenvalue weighted by Crippen LogP contribution is -2.36. The molecule has 1 aliphatic rings. The van der Waals surface area contributed by atoms with E-state index in [0.29, 0.717) is 5.91 Å². The molecule has 0 aromatic carbocycles. The van der Waals surface area contributed by atoms with Gasteiger partial charge in [-0.05, 0) is 32.6 Å². The van der Waals surface area contributed by atoms with Crippen LogP contribution in [0.5, 0.6) is 0 Å². The van der Waals surface area contributed by atoms with E-state index in [9.17, 15) is 4.79 Å². The summed E-state index contributed by atoms with van der Waals surface area (Å²) in [4.78, 5) is 14.3. The summed E-state index contributed by atoms with van der Waals surface area (Å²) in [5, 5.41) is 0. The van der Waals surface area contributed by atoms with Gasteiger partial charge in [-0.2, -0.15) is 0 Å². The second kappa shape index (κ2) is 7.70. The highest BCUT2D eigenvalue weighted by atomic mass is 16.2. The Bertz CT molecular complexity index is 220. The zero-order valence-electron chi connectivity index (χ0n) is 11.5. The van der Waals surface area contributed by atoms with E-state index in [4.69, 9.17) is 5.73 Å². The van der Waals surface area contributed by atoms with Gasteiger partial charge in [-0.3, -0.25) is 4.79 Å². The van der Waals surface area contributed by atoms with Crippen molar-refractivity contribution in [2.24, 2.45) is 11.7 Å². The number of nitrogens with two attached hydrogens (primary N) is 1. The van der Waals surface area contributed by atoms with Gasteiger partial charge in [-0.15, -0.1) is 0 Å². The second-order valence-corrected chi connectivity index (χ2v) is 5.55. The third kappa shape index (κ3) is 5.53. The average Bonchev–Trinajstić information content (AvgIpc) is 2.55. The molecule has 0 spiro atoms. The Labute approximate surface area is 106 Å². The highest BCUT2D eigenvalue weighted by molar-refractivity contribution is 5.78. The highest BCUT2D eigenvalue weighted by Crippen LogP contribution is 2.16. The summed E-state index contributed by atoms with van der Waals surface area (Å²) in [6.45, 7) is 6.03. The maximum atomic E-state index is 12.2. The Morgan fingerprint density at radius 3 is 2.24 bits per heavy atom. The van der Waals surface area contributed by atoms with E-state index in [1.807, 2.05) is 6.92 Å². The third-order valence-electron chi connectivity index (χ3n) is 3.64. The fourth-order valence-electron chi connectivity index (χ4n) is 2.47. The summed E-state index contributed by atoms with van der Waals surface area (Å²) < 4.78 is 0. The normalized spacial score (nSPS) is 20.8. The Kier molecular flexibility index (Phi) is 6.56. The lowest BCUT2D eigenvalue weighted by atomic mass is 10.0. The largest absolute Gasteiger partial charge is 0.342 e. The second-order valence-electron chi connectivity index (χ2n) is 5.55. The first-order chi connectivity index (χ1) is 8.11. The maximum Gasteiger partial charge on any atom is 0.225 e. The van der Waals surface area contributed by atoms with Crippen molar-refractivity contribution >= 4 is 5.91 Å². The molecular weight excluding hydrogens is 212 g/mol. The van der Waals surface area contributed by atoms with Gasteiger partial charge in [0.15, 0.2) is 0 Å². The first-order valence-electron chi connectivity index (χ1n) is 7.15. The molecule has 0 aromatic heterocycles. The molecule has 2 unspecified atom stereocenters. The van der Waals surface area contributed by atoms with Crippen molar-refractivity contribution in [3.8, 4) is 0 Å². The molecule has 1 amide bonds. The molecule has 3 nitrogen and oxygen atoms in total. The van der Waals surface area contributed by atoms with Crippen molar-refractivity contribution in [1.82, 2.24) is 4.90 Å². The summed E-state index contributed by atoms with van der Waals surface area (Å²) in [5.74, 6) is 0.531. The van der Waals surface area contributed by atoms with Gasteiger partial charge in [0.05, 0.1) is 0 Å². The number of nitrogens with zero attached hydrogens (tertiary/aromatic N) is 1. The minimum Gasteiger partial charge on any atom is -0.342 e. The molecule has 17 heavy (non-hydrogen) atoms. The van der Waals surface area contributed by atoms with Gasteiger partial charge in [-0.1, -0.05) is 26.2 Å². The number of hydrogen-bond donors (Lipinski definition) is 1. The molecule has 1 rings (SSSR count). The van der Waals surface area contributed by atoms with Crippen molar-refractivity contribution in [1.29, 1.82) is 0 Å². The van der Waals surface area contributed by atoms with E-state index in [-0.39, 0.29) is 12.0 Å². The van der Waals surface area contributed by atoms with Gasteiger partial charge in [0.1, 0.15) is 0 Å². The summed E-state index contributed by atoms with van der Waals surface area (Å²) in [7, 11) is 0. The molecule has 3 heteroatoms. The lowest BCUT2D eigenvalue weighted by molar-refractivity contribution is -0.135. The average molecular weight is 240 g/mol. The van der Waals surface area contributed by atoms with Crippen LogP contribution < -0.4 is 5.73 Å². The van der Waals surface area contributed by atoms with E-state index >= 15 is 0 Å². The molecule has 100 valence electrons. The van der Waals surface area contributed by atoms with Gasteiger partial charge in [0, 0.05) is 25.0 Å². The Morgan fingerprint density at radius 2 is 1.71 bits per heavy atom. The number of carbonyl (C=O) groups excluding carboxylic acids is 1. The summed E-state index contributed by atoms with van der Waals surface area (Å²) in [5.41, 5.74) is 5.72. The molecular formula is C14H28N2O. The third-order valence-corrected chi connectivity index (χ3v) is 3.64. The highest BCUT2D eigenvalue weighted by Gasteiger charge is 2.20. The van der Waals surface area contributed by atoms with Crippen LogP contribution in [0, 0.1) is 5.92 Å². The summed E-state index contributed by atoms with van der Waals surface area (Å²) >= 11 is 0. The van der Waals surface area contributed by atoms with Crippen molar-refractivity contribution in [2.45, 2.75) is 64.8 Å². The van der Waals surface area contributed by atoms with Crippen LogP contribution in [0.25, 0.3) is 0 Å². The lowest BCUT2D eigenvalue weighted by Gasteiger charge is -2.24. The fraction of sp³-hybridized carbons (Fsp3) is 0.929. The molecule has 1 fully saturated rings. The molecule has 0 bridgehead atoms. The number of hydrogen-bond acceptors (Lipinski definition) is 2. The van der Waals surface area contributed by atoms with Crippen molar-refractivity contribution in [3.05, 3.63) is 0 Å². The molecule has 1 saturated heterocycles. The quantitative estimate of drug-likeness (QED) is 0.802. The Balaban J connectivity index is 2.29. The number of amides is 1. The van der Waals surface area contributed by atoms with Crippen LogP contribution in [0.3, 0.4) is 0 Å². The summed E-state index contributed by atoms with van der Waals surface area (Å²) in [6, 6.07) is 0.260. The maximum absolute atomic E-state index is 12.2. The molecule has 2 N–H and O–H groups in total.